The fourth-order valence-corrected chi connectivity index (χ4v) is 2.45. The molecule has 1 amide bonds. The maximum Gasteiger partial charge on any atom is 0.249 e. The number of nitrogens with one attached hydrogen (secondary N) is 2. The minimum Gasteiger partial charge on any atom is -0.383 e. The SMILES string of the molecule is CSCCC(O)C(=O)NCc1cc2n(n1)CCNC2.Cl. The summed E-state index contributed by atoms with van der Waals surface area (Å²) in [5, 5.41) is 20.0. The molecule has 1 aliphatic rings. The van der Waals surface area contributed by atoms with Crippen LogP contribution in [0.3, 0.4) is 0 Å². The minimum absolute atomic E-state index is 0. The zero-order valence-electron chi connectivity index (χ0n) is 11.5. The number of aliphatic hydroxyl groups is 1. The van der Waals surface area contributed by atoms with E-state index in [0.717, 1.165) is 36.8 Å². The van der Waals surface area contributed by atoms with E-state index in [1.165, 1.54) is 0 Å². The summed E-state index contributed by atoms with van der Waals surface area (Å²) in [7, 11) is 0. The van der Waals surface area contributed by atoms with Gasteiger partial charge in [-0.2, -0.15) is 16.9 Å². The van der Waals surface area contributed by atoms with E-state index in [4.69, 9.17) is 0 Å². The Balaban J connectivity index is 0.00000200. The molecule has 6 nitrogen and oxygen atoms in total. The summed E-state index contributed by atoms with van der Waals surface area (Å²) >= 11 is 1.62. The highest BCUT2D eigenvalue weighted by molar-refractivity contribution is 7.98. The second-order valence-electron chi connectivity index (χ2n) is 4.54. The Kier molecular flexibility index (Phi) is 7.36. The van der Waals surface area contributed by atoms with Gasteiger partial charge in [-0.25, -0.2) is 0 Å². The largest absolute Gasteiger partial charge is 0.383 e. The average Bonchev–Trinajstić information content (AvgIpc) is 2.84. The van der Waals surface area contributed by atoms with Crippen LogP contribution >= 0.6 is 24.2 Å². The van der Waals surface area contributed by atoms with Crippen LogP contribution in [-0.2, 0) is 24.4 Å². The lowest BCUT2D eigenvalue weighted by Gasteiger charge is -2.13. The molecule has 0 saturated heterocycles. The van der Waals surface area contributed by atoms with Gasteiger partial charge < -0.3 is 15.7 Å². The van der Waals surface area contributed by atoms with E-state index in [0.29, 0.717) is 13.0 Å². The van der Waals surface area contributed by atoms with Crippen molar-refractivity contribution < 1.29 is 9.90 Å². The van der Waals surface area contributed by atoms with E-state index in [2.05, 4.69) is 15.7 Å². The van der Waals surface area contributed by atoms with Gasteiger partial charge in [-0.05, 0) is 24.5 Å². The topological polar surface area (TPSA) is 79.2 Å². The Bertz CT molecular complexity index is 418. The highest BCUT2D eigenvalue weighted by Crippen LogP contribution is 2.07. The number of fused-ring (bicyclic) bond motifs is 1. The van der Waals surface area contributed by atoms with E-state index in [1.54, 1.807) is 11.8 Å². The maximum atomic E-state index is 11.6. The van der Waals surface area contributed by atoms with Crippen molar-refractivity contribution >= 4 is 30.1 Å². The minimum atomic E-state index is -0.925. The van der Waals surface area contributed by atoms with E-state index < -0.39 is 6.10 Å². The number of aromatic nitrogens is 2. The van der Waals surface area contributed by atoms with Crippen molar-refractivity contribution in [1.82, 2.24) is 20.4 Å². The number of carbonyl (C=O) groups is 1. The molecule has 0 radical (unpaired) electrons. The smallest absolute Gasteiger partial charge is 0.249 e. The zero-order valence-corrected chi connectivity index (χ0v) is 13.1. The molecule has 2 heterocycles. The molecule has 3 N–H and O–H groups in total. The van der Waals surface area contributed by atoms with E-state index >= 15 is 0 Å². The number of halogens is 1. The fourth-order valence-electron chi connectivity index (χ4n) is 1.99. The van der Waals surface area contributed by atoms with Gasteiger partial charge in [0.25, 0.3) is 0 Å². The van der Waals surface area contributed by atoms with Gasteiger partial charge in [0.15, 0.2) is 0 Å². The summed E-state index contributed by atoms with van der Waals surface area (Å²) in [6.07, 6.45) is 1.51. The Morgan fingerprint density at radius 2 is 2.50 bits per heavy atom. The molecular weight excluding hydrogens is 300 g/mol. The van der Waals surface area contributed by atoms with Crippen molar-refractivity contribution in [2.24, 2.45) is 0 Å². The van der Waals surface area contributed by atoms with E-state index in [-0.39, 0.29) is 18.3 Å². The zero-order chi connectivity index (χ0) is 13.7. The molecule has 8 heteroatoms. The van der Waals surface area contributed by atoms with E-state index in [1.807, 2.05) is 17.0 Å². The summed E-state index contributed by atoms with van der Waals surface area (Å²) in [4.78, 5) is 11.6. The lowest BCUT2D eigenvalue weighted by atomic mass is 10.2. The highest BCUT2D eigenvalue weighted by atomic mass is 35.5. The van der Waals surface area contributed by atoms with Gasteiger partial charge in [0, 0.05) is 13.1 Å². The monoisotopic (exact) mass is 320 g/mol. The second-order valence-corrected chi connectivity index (χ2v) is 5.53. The van der Waals surface area contributed by atoms with Crippen molar-refractivity contribution in [1.29, 1.82) is 0 Å². The molecule has 0 saturated carbocycles. The molecule has 0 aromatic carbocycles. The molecular formula is C12H21ClN4O2S. The van der Waals surface area contributed by atoms with Crippen LogP contribution in [0.5, 0.6) is 0 Å². The van der Waals surface area contributed by atoms with Gasteiger partial charge >= 0.3 is 0 Å². The molecule has 0 fully saturated rings. The van der Waals surface area contributed by atoms with Crippen LogP contribution in [0.2, 0.25) is 0 Å². The standard InChI is InChI=1S/C12H20N4O2S.ClH/c1-19-5-2-11(17)12(18)14-7-9-6-10-8-13-3-4-16(10)15-9;/h6,11,13,17H,2-5,7-8H2,1H3,(H,14,18);1H. The van der Waals surface area contributed by atoms with Crippen molar-refractivity contribution in [3.05, 3.63) is 17.5 Å². The molecule has 0 bridgehead atoms. The van der Waals surface area contributed by atoms with Crippen molar-refractivity contribution in [2.45, 2.75) is 32.2 Å². The molecule has 1 aliphatic heterocycles. The predicted octanol–water partition coefficient (Wildman–Crippen LogP) is 0.138. The number of carbonyl (C=O) groups excluding carboxylic acids is 1. The summed E-state index contributed by atoms with van der Waals surface area (Å²) in [5.41, 5.74) is 1.97. The fraction of sp³-hybridized carbons (Fsp3) is 0.667. The Hall–Kier alpha value is -0.760. The molecule has 1 atom stereocenters. The quantitative estimate of drug-likeness (QED) is 0.695. The van der Waals surface area contributed by atoms with Crippen molar-refractivity contribution in [3.63, 3.8) is 0 Å². The highest BCUT2D eigenvalue weighted by Gasteiger charge is 2.16. The lowest BCUT2D eigenvalue weighted by Crippen LogP contribution is -2.34. The van der Waals surface area contributed by atoms with E-state index in [9.17, 15) is 9.90 Å². The lowest BCUT2D eigenvalue weighted by molar-refractivity contribution is -0.129. The Morgan fingerprint density at radius 3 is 3.20 bits per heavy atom. The van der Waals surface area contributed by atoms with Crippen LogP contribution in [0.1, 0.15) is 17.8 Å². The van der Waals surface area contributed by atoms with Crippen molar-refractivity contribution in [3.8, 4) is 0 Å². The predicted molar refractivity (Wildman–Crippen MR) is 82.0 cm³/mol. The van der Waals surface area contributed by atoms with Crippen LogP contribution in [-0.4, -0.2) is 45.5 Å². The van der Waals surface area contributed by atoms with Crippen LogP contribution in [0, 0.1) is 0 Å². The van der Waals surface area contributed by atoms with Gasteiger partial charge in [0.2, 0.25) is 5.91 Å². The first-order valence-corrected chi connectivity index (χ1v) is 7.81. The molecule has 1 aromatic rings. The number of hydrogen-bond acceptors (Lipinski definition) is 5. The number of hydrogen-bond donors (Lipinski definition) is 3. The van der Waals surface area contributed by atoms with Gasteiger partial charge in [-0.3, -0.25) is 9.48 Å². The summed E-state index contributed by atoms with van der Waals surface area (Å²) in [5.74, 6) is 0.456. The number of rotatable bonds is 6. The number of amides is 1. The number of aliphatic hydroxyl groups excluding tert-OH is 1. The van der Waals surface area contributed by atoms with Gasteiger partial charge in [0.1, 0.15) is 6.10 Å². The molecule has 2 rings (SSSR count). The summed E-state index contributed by atoms with van der Waals surface area (Å²) in [6.45, 7) is 2.97. The molecule has 0 aliphatic carbocycles. The van der Waals surface area contributed by atoms with Gasteiger partial charge in [-0.1, -0.05) is 0 Å². The normalized spacial score (nSPS) is 15.1. The average molecular weight is 321 g/mol. The third-order valence-electron chi connectivity index (χ3n) is 3.06. The first kappa shape index (κ1) is 17.3. The van der Waals surface area contributed by atoms with Crippen LogP contribution < -0.4 is 10.6 Å². The number of nitrogens with zero attached hydrogens (tertiary/aromatic N) is 2. The van der Waals surface area contributed by atoms with Crippen LogP contribution in [0.4, 0.5) is 0 Å². The molecule has 0 spiro atoms. The maximum absolute atomic E-state index is 11.6. The molecule has 1 unspecified atom stereocenters. The molecule has 1 aromatic heterocycles. The van der Waals surface area contributed by atoms with Crippen LogP contribution in [0.25, 0.3) is 0 Å². The van der Waals surface area contributed by atoms with Gasteiger partial charge in [0.05, 0.1) is 24.5 Å². The summed E-state index contributed by atoms with van der Waals surface area (Å²) in [6, 6.07) is 1.99. The third kappa shape index (κ3) is 4.66. The van der Waals surface area contributed by atoms with Crippen LogP contribution in [0.15, 0.2) is 6.07 Å². The first-order chi connectivity index (χ1) is 9.20. The third-order valence-corrected chi connectivity index (χ3v) is 3.71. The van der Waals surface area contributed by atoms with Gasteiger partial charge in [-0.15, -0.1) is 12.4 Å². The second kappa shape index (κ2) is 8.51. The molecule has 114 valence electrons. The Morgan fingerprint density at radius 1 is 1.70 bits per heavy atom. The first-order valence-electron chi connectivity index (χ1n) is 6.41. The molecule has 20 heavy (non-hydrogen) atoms. The number of thioether (sulfide) groups is 1. The van der Waals surface area contributed by atoms with Crippen molar-refractivity contribution in [2.75, 3.05) is 18.6 Å². The summed E-state index contributed by atoms with van der Waals surface area (Å²) < 4.78 is 1.96. The Labute approximate surface area is 129 Å².